The van der Waals surface area contributed by atoms with Gasteiger partial charge in [-0.3, -0.25) is 4.79 Å². The van der Waals surface area contributed by atoms with E-state index in [-0.39, 0.29) is 5.91 Å². The van der Waals surface area contributed by atoms with Crippen LogP contribution in [0, 0.1) is 11.3 Å². The highest BCUT2D eigenvalue weighted by Gasteiger charge is 2.05. The smallest absolute Gasteiger partial charge is 0.234 e. The maximum absolute atomic E-state index is 11.8. The van der Waals surface area contributed by atoms with Crippen molar-refractivity contribution < 1.29 is 4.79 Å². The Bertz CT molecular complexity index is 665. The van der Waals surface area contributed by atoms with E-state index in [1.807, 2.05) is 18.2 Å². The Balaban J connectivity index is 1.82. The van der Waals surface area contributed by atoms with Crippen LogP contribution >= 0.6 is 23.4 Å². The molecule has 0 bridgehead atoms. The van der Waals surface area contributed by atoms with Gasteiger partial charge in [-0.05, 0) is 35.9 Å². The van der Waals surface area contributed by atoms with Gasteiger partial charge in [0.05, 0.1) is 17.4 Å². The van der Waals surface area contributed by atoms with Crippen molar-refractivity contribution in [3.05, 3.63) is 64.7 Å². The molecule has 0 aliphatic rings. The molecule has 0 atom stereocenters. The average Bonchev–Trinajstić information content (AvgIpc) is 2.50. The molecule has 0 saturated carbocycles. The van der Waals surface area contributed by atoms with Gasteiger partial charge in [-0.1, -0.05) is 29.8 Å². The van der Waals surface area contributed by atoms with E-state index in [1.54, 1.807) is 30.3 Å². The molecule has 2 rings (SSSR count). The number of hydrogen-bond acceptors (Lipinski definition) is 3. The molecule has 21 heavy (non-hydrogen) atoms. The Labute approximate surface area is 132 Å². The largest absolute Gasteiger partial charge is 0.325 e. The second-order valence-electron chi connectivity index (χ2n) is 4.32. The lowest BCUT2D eigenvalue weighted by Gasteiger charge is -2.06. The molecule has 0 saturated heterocycles. The topological polar surface area (TPSA) is 52.9 Å². The van der Waals surface area contributed by atoms with Gasteiger partial charge in [0.1, 0.15) is 0 Å². The Morgan fingerprint density at radius 2 is 1.90 bits per heavy atom. The zero-order valence-electron chi connectivity index (χ0n) is 11.2. The average molecular weight is 317 g/mol. The number of rotatable bonds is 5. The van der Waals surface area contributed by atoms with Crippen molar-refractivity contribution in [1.29, 1.82) is 5.26 Å². The first-order chi connectivity index (χ1) is 10.2. The summed E-state index contributed by atoms with van der Waals surface area (Å²) in [5, 5.41) is 12.4. The normalized spacial score (nSPS) is 9.90. The maximum Gasteiger partial charge on any atom is 0.234 e. The molecule has 2 aromatic rings. The summed E-state index contributed by atoms with van der Waals surface area (Å²) in [5.74, 6) is 0.900. The van der Waals surface area contributed by atoms with Crippen LogP contribution in [0.1, 0.15) is 11.1 Å². The van der Waals surface area contributed by atoms with Gasteiger partial charge in [-0.15, -0.1) is 11.8 Å². The fourth-order valence-corrected chi connectivity index (χ4v) is 2.70. The number of nitrogens with one attached hydrogen (secondary N) is 1. The highest BCUT2D eigenvalue weighted by atomic mass is 35.5. The van der Waals surface area contributed by atoms with Gasteiger partial charge in [0.15, 0.2) is 0 Å². The zero-order chi connectivity index (χ0) is 15.1. The monoisotopic (exact) mass is 316 g/mol. The summed E-state index contributed by atoms with van der Waals surface area (Å²) in [6.07, 6.45) is 0. The lowest BCUT2D eigenvalue weighted by molar-refractivity contribution is -0.113. The van der Waals surface area contributed by atoms with E-state index in [2.05, 4.69) is 11.4 Å². The summed E-state index contributed by atoms with van der Waals surface area (Å²) in [7, 11) is 0. The zero-order valence-corrected chi connectivity index (χ0v) is 12.7. The van der Waals surface area contributed by atoms with Gasteiger partial charge in [-0.2, -0.15) is 5.26 Å². The number of hydrogen-bond donors (Lipinski definition) is 1. The minimum atomic E-state index is -0.0724. The summed E-state index contributed by atoms with van der Waals surface area (Å²) < 4.78 is 0. The van der Waals surface area contributed by atoms with Crippen molar-refractivity contribution >= 4 is 35.0 Å². The number of carbonyl (C=O) groups is 1. The second kappa shape index (κ2) is 7.72. The summed E-state index contributed by atoms with van der Waals surface area (Å²) in [6, 6.07) is 16.5. The molecule has 0 heterocycles. The number of halogens is 1. The third kappa shape index (κ3) is 4.82. The molecule has 0 aromatic heterocycles. The van der Waals surface area contributed by atoms with Crippen molar-refractivity contribution in [3.8, 4) is 6.07 Å². The van der Waals surface area contributed by atoms with Crippen LogP contribution in [0.4, 0.5) is 5.69 Å². The van der Waals surface area contributed by atoms with E-state index in [9.17, 15) is 4.79 Å². The van der Waals surface area contributed by atoms with E-state index in [0.717, 1.165) is 11.3 Å². The van der Waals surface area contributed by atoms with Crippen molar-refractivity contribution in [2.24, 2.45) is 0 Å². The third-order valence-corrected chi connectivity index (χ3v) is 3.99. The highest BCUT2D eigenvalue weighted by Crippen LogP contribution is 2.17. The molecule has 3 nitrogen and oxygen atoms in total. The number of amides is 1. The van der Waals surface area contributed by atoms with Crippen LogP contribution in [-0.4, -0.2) is 11.7 Å². The first kappa shape index (κ1) is 15.4. The number of nitrogens with zero attached hydrogens (tertiary/aromatic N) is 1. The van der Waals surface area contributed by atoms with Crippen LogP contribution in [0.25, 0.3) is 0 Å². The Hall–Kier alpha value is -1.96. The van der Waals surface area contributed by atoms with Crippen LogP contribution in [0.5, 0.6) is 0 Å². The summed E-state index contributed by atoms with van der Waals surface area (Å²) in [5.41, 5.74) is 2.33. The number of benzene rings is 2. The van der Waals surface area contributed by atoms with Crippen molar-refractivity contribution in [1.82, 2.24) is 0 Å². The molecule has 1 N–H and O–H groups in total. The highest BCUT2D eigenvalue weighted by molar-refractivity contribution is 7.99. The van der Waals surface area contributed by atoms with E-state index in [1.165, 1.54) is 11.8 Å². The van der Waals surface area contributed by atoms with Crippen LogP contribution in [0.3, 0.4) is 0 Å². The minimum Gasteiger partial charge on any atom is -0.325 e. The molecule has 0 spiro atoms. The number of thioether (sulfide) groups is 1. The van der Waals surface area contributed by atoms with Gasteiger partial charge in [0.25, 0.3) is 0 Å². The fourth-order valence-electron chi connectivity index (χ4n) is 1.74. The molecular formula is C16H13ClN2OS. The van der Waals surface area contributed by atoms with Gasteiger partial charge >= 0.3 is 0 Å². The molecule has 1 amide bonds. The van der Waals surface area contributed by atoms with Gasteiger partial charge in [0, 0.05) is 16.5 Å². The lowest BCUT2D eigenvalue weighted by atomic mass is 10.1. The SMILES string of the molecule is N#Cc1ccccc1CSCC(=O)Nc1ccc(Cl)cc1. The number of anilines is 1. The summed E-state index contributed by atoms with van der Waals surface area (Å²) in [4.78, 5) is 11.8. The standard InChI is InChI=1S/C16H13ClN2OS/c17-14-5-7-15(8-6-14)19-16(20)11-21-10-13-4-2-1-3-12(13)9-18/h1-8H,10-11H2,(H,19,20). The van der Waals surface area contributed by atoms with Gasteiger partial charge in [0.2, 0.25) is 5.91 Å². The van der Waals surface area contributed by atoms with Crippen molar-refractivity contribution in [3.63, 3.8) is 0 Å². The molecule has 0 aliphatic heterocycles. The van der Waals surface area contributed by atoms with Gasteiger partial charge in [-0.25, -0.2) is 0 Å². The molecule has 2 aromatic carbocycles. The number of nitriles is 1. The van der Waals surface area contributed by atoms with E-state index in [4.69, 9.17) is 16.9 Å². The third-order valence-electron chi connectivity index (χ3n) is 2.76. The second-order valence-corrected chi connectivity index (χ2v) is 5.74. The molecule has 106 valence electrons. The maximum atomic E-state index is 11.8. The minimum absolute atomic E-state index is 0.0724. The van der Waals surface area contributed by atoms with Crippen molar-refractivity contribution in [2.75, 3.05) is 11.1 Å². The Morgan fingerprint density at radius 3 is 2.62 bits per heavy atom. The van der Waals surface area contributed by atoms with Crippen molar-refractivity contribution in [2.45, 2.75) is 5.75 Å². The molecule has 0 aliphatic carbocycles. The van der Waals surface area contributed by atoms with Crippen LogP contribution in [-0.2, 0) is 10.5 Å². The van der Waals surface area contributed by atoms with E-state index >= 15 is 0 Å². The molecule has 0 fully saturated rings. The van der Waals surface area contributed by atoms with E-state index in [0.29, 0.717) is 22.1 Å². The summed E-state index contributed by atoms with van der Waals surface area (Å²) >= 11 is 7.26. The molecule has 0 radical (unpaired) electrons. The van der Waals surface area contributed by atoms with Crippen LogP contribution in [0.15, 0.2) is 48.5 Å². The number of carbonyl (C=O) groups excluding carboxylic acids is 1. The first-order valence-electron chi connectivity index (χ1n) is 6.30. The predicted octanol–water partition coefficient (Wildman–Crippen LogP) is 4.08. The summed E-state index contributed by atoms with van der Waals surface area (Å²) in [6.45, 7) is 0. The first-order valence-corrected chi connectivity index (χ1v) is 7.83. The Kier molecular flexibility index (Phi) is 5.68. The Morgan fingerprint density at radius 1 is 1.19 bits per heavy atom. The van der Waals surface area contributed by atoms with Gasteiger partial charge < -0.3 is 5.32 Å². The fraction of sp³-hybridized carbons (Fsp3) is 0.125. The molecule has 5 heteroatoms. The predicted molar refractivity (Wildman–Crippen MR) is 87.4 cm³/mol. The molecular weight excluding hydrogens is 304 g/mol. The quantitative estimate of drug-likeness (QED) is 0.904. The van der Waals surface area contributed by atoms with Crippen LogP contribution < -0.4 is 5.32 Å². The lowest BCUT2D eigenvalue weighted by Crippen LogP contribution is -2.14. The van der Waals surface area contributed by atoms with E-state index < -0.39 is 0 Å². The van der Waals surface area contributed by atoms with Crippen LogP contribution in [0.2, 0.25) is 5.02 Å². The molecule has 0 unspecified atom stereocenters.